The first kappa shape index (κ1) is 18.2. The molecular formula is C21H16F2N6O. The van der Waals surface area contributed by atoms with Crippen LogP contribution in [0, 0.1) is 18.6 Å². The van der Waals surface area contributed by atoms with Gasteiger partial charge in [0.05, 0.1) is 36.6 Å². The van der Waals surface area contributed by atoms with Crippen molar-refractivity contribution in [1.82, 2.24) is 29.1 Å². The lowest BCUT2D eigenvalue weighted by Crippen LogP contribution is -2.05. The summed E-state index contributed by atoms with van der Waals surface area (Å²) in [6.07, 6.45) is 4.98. The summed E-state index contributed by atoms with van der Waals surface area (Å²) < 4.78 is 36.9. The van der Waals surface area contributed by atoms with Gasteiger partial charge in [0.15, 0.2) is 5.65 Å². The number of fused-ring (bicyclic) bond motifs is 2. The van der Waals surface area contributed by atoms with E-state index in [-0.39, 0.29) is 12.1 Å². The van der Waals surface area contributed by atoms with Crippen molar-refractivity contribution in [2.24, 2.45) is 0 Å². The fourth-order valence-electron chi connectivity index (χ4n) is 3.58. The van der Waals surface area contributed by atoms with Crippen molar-refractivity contribution in [3.8, 4) is 11.6 Å². The zero-order chi connectivity index (χ0) is 20.8. The Morgan fingerprint density at radius 2 is 1.93 bits per heavy atom. The Morgan fingerprint density at radius 1 is 1.07 bits per heavy atom. The Labute approximate surface area is 169 Å². The van der Waals surface area contributed by atoms with Gasteiger partial charge >= 0.3 is 0 Å². The standard InChI is InChI=1S/C21H16F2N6O/c1-12-27-20-18(29(12)10-13-7-14(22)3-4-16(13)23)8-15(9-24-20)28-6-5-17-19(28)21(30-2)26-11-25-17/h3-9,11H,10H2,1-2H3. The van der Waals surface area contributed by atoms with Crippen molar-refractivity contribution in [3.05, 3.63) is 72.1 Å². The van der Waals surface area contributed by atoms with Crippen LogP contribution in [0.1, 0.15) is 11.4 Å². The van der Waals surface area contributed by atoms with E-state index >= 15 is 0 Å². The first-order valence-electron chi connectivity index (χ1n) is 9.18. The Morgan fingerprint density at radius 3 is 2.77 bits per heavy atom. The van der Waals surface area contributed by atoms with Crippen LogP contribution in [0.5, 0.6) is 5.88 Å². The van der Waals surface area contributed by atoms with E-state index in [9.17, 15) is 8.78 Å². The van der Waals surface area contributed by atoms with Gasteiger partial charge in [-0.25, -0.2) is 23.7 Å². The van der Waals surface area contributed by atoms with Crippen molar-refractivity contribution in [2.45, 2.75) is 13.5 Å². The molecule has 5 rings (SSSR count). The molecule has 0 N–H and O–H groups in total. The SMILES string of the molecule is COc1ncnc2ccn(-c3cnc4nc(C)n(Cc5cc(F)ccc5F)c4c3)c12. The zero-order valence-electron chi connectivity index (χ0n) is 16.2. The van der Waals surface area contributed by atoms with E-state index in [4.69, 9.17) is 4.74 Å². The van der Waals surface area contributed by atoms with Crippen LogP contribution < -0.4 is 4.74 Å². The molecule has 0 spiro atoms. The second kappa shape index (κ2) is 6.87. The number of ether oxygens (including phenoxy) is 1. The summed E-state index contributed by atoms with van der Waals surface area (Å²) in [4.78, 5) is 17.4. The maximum absolute atomic E-state index is 14.2. The lowest BCUT2D eigenvalue weighted by Gasteiger charge is -2.10. The van der Waals surface area contributed by atoms with Crippen LogP contribution in [0.15, 0.2) is 49.1 Å². The molecule has 0 aliphatic heterocycles. The van der Waals surface area contributed by atoms with Gasteiger partial charge in [-0.1, -0.05) is 0 Å². The smallest absolute Gasteiger partial charge is 0.241 e. The molecule has 0 aliphatic rings. The van der Waals surface area contributed by atoms with E-state index in [1.807, 2.05) is 27.5 Å². The average Bonchev–Trinajstić information content (AvgIpc) is 3.31. The highest BCUT2D eigenvalue weighted by atomic mass is 19.1. The van der Waals surface area contributed by atoms with E-state index in [1.165, 1.54) is 12.4 Å². The van der Waals surface area contributed by atoms with Crippen LogP contribution >= 0.6 is 0 Å². The predicted octanol–water partition coefficient (Wildman–Crippen LogP) is 3.81. The van der Waals surface area contributed by atoms with E-state index in [0.29, 0.717) is 28.4 Å². The molecule has 0 atom stereocenters. The van der Waals surface area contributed by atoms with Gasteiger partial charge in [-0.2, -0.15) is 4.98 Å². The van der Waals surface area contributed by atoms with Crippen molar-refractivity contribution in [3.63, 3.8) is 0 Å². The number of aryl methyl sites for hydroxylation is 1. The minimum absolute atomic E-state index is 0.135. The van der Waals surface area contributed by atoms with Gasteiger partial charge in [-0.15, -0.1) is 0 Å². The molecule has 30 heavy (non-hydrogen) atoms. The topological polar surface area (TPSA) is 70.7 Å². The number of nitrogens with zero attached hydrogens (tertiary/aromatic N) is 6. The van der Waals surface area contributed by atoms with Gasteiger partial charge in [0, 0.05) is 11.8 Å². The normalized spacial score (nSPS) is 11.5. The fourth-order valence-corrected chi connectivity index (χ4v) is 3.58. The van der Waals surface area contributed by atoms with Gasteiger partial charge in [-0.05, 0) is 37.3 Å². The van der Waals surface area contributed by atoms with Gasteiger partial charge in [0.25, 0.3) is 0 Å². The number of pyridine rings is 1. The highest BCUT2D eigenvalue weighted by molar-refractivity contribution is 5.83. The summed E-state index contributed by atoms with van der Waals surface area (Å²) in [7, 11) is 1.55. The van der Waals surface area contributed by atoms with E-state index in [2.05, 4.69) is 19.9 Å². The van der Waals surface area contributed by atoms with Gasteiger partial charge in [0.2, 0.25) is 5.88 Å². The van der Waals surface area contributed by atoms with Crippen molar-refractivity contribution in [1.29, 1.82) is 0 Å². The second-order valence-corrected chi connectivity index (χ2v) is 6.82. The molecule has 0 amide bonds. The van der Waals surface area contributed by atoms with Gasteiger partial charge in [-0.3, -0.25) is 0 Å². The summed E-state index contributed by atoms with van der Waals surface area (Å²) in [5.41, 5.74) is 3.64. The molecule has 5 aromatic rings. The summed E-state index contributed by atoms with van der Waals surface area (Å²) in [5, 5.41) is 0. The summed E-state index contributed by atoms with van der Waals surface area (Å²) in [6.45, 7) is 1.94. The molecule has 7 nitrogen and oxygen atoms in total. The Kier molecular flexibility index (Phi) is 4.16. The summed E-state index contributed by atoms with van der Waals surface area (Å²) in [6, 6.07) is 7.17. The Bertz CT molecular complexity index is 1410. The number of halogens is 2. The molecule has 9 heteroatoms. The quantitative estimate of drug-likeness (QED) is 0.454. The molecule has 0 aliphatic carbocycles. The number of aromatic nitrogens is 6. The average molecular weight is 406 g/mol. The molecule has 4 heterocycles. The number of methoxy groups -OCH3 is 1. The third kappa shape index (κ3) is 2.86. The monoisotopic (exact) mass is 406 g/mol. The summed E-state index contributed by atoms with van der Waals surface area (Å²) in [5.74, 6) is 0.131. The lowest BCUT2D eigenvalue weighted by atomic mass is 10.2. The molecule has 0 saturated carbocycles. The highest BCUT2D eigenvalue weighted by Gasteiger charge is 2.16. The fraction of sp³-hybridized carbons (Fsp3) is 0.143. The number of hydrogen-bond acceptors (Lipinski definition) is 5. The van der Waals surface area contributed by atoms with Crippen LogP contribution in [-0.4, -0.2) is 36.2 Å². The molecule has 1 aromatic carbocycles. The molecule has 0 unspecified atom stereocenters. The summed E-state index contributed by atoms with van der Waals surface area (Å²) >= 11 is 0. The third-order valence-electron chi connectivity index (χ3n) is 5.03. The van der Waals surface area contributed by atoms with Crippen LogP contribution in [0.25, 0.3) is 27.9 Å². The predicted molar refractivity (Wildman–Crippen MR) is 107 cm³/mol. The Balaban J connectivity index is 1.67. The van der Waals surface area contributed by atoms with Crippen molar-refractivity contribution in [2.75, 3.05) is 7.11 Å². The van der Waals surface area contributed by atoms with Crippen molar-refractivity contribution < 1.29 is 13.5 Å². The van der Waals surface area contributed by atoms with Crippen molar-refractivity contribution >= 4 is 22.2 Å². The second-order valence-electron chi connectivity index (χ2n) is 6.82. The van der Waals surface area contributed by atoms with Crippen LogP contribution in [0.3, 0.4) is 0 Å². The molecule has 0 radical (unpaired) electrons. The zero-order valence-corrected chi connectivity index (χ0v) is 16.2. The number of benzene rings is 1. The maximum Gasteiger partial charge on any atom is 0.241 e. The van der Waals surface area contributed by atoms with E-state index in [0.717, 1.165) is 23.3 Å². The number of hydrogen-bond donors (Lipinski definition) is 0. The van der Waals surface area contributed by atoms with Gasteiger partial charge in [0.1, 0.15) is 29.3 Å². The number of imidazole rings is 1. The maximum atomic E-state index is 14.2. The van der Waals surface area contributed by atoms with Crippen LogP contribution in [-0.2, 0) is 6.54 Å². The lowest BCUT2D eigenvalue weighted by molar-refractivity contribution is 0.401. The first-order chi connectivity index (χ1) is 14.5. The molecule has 4 aromatic heterocycles. The Hall–Kier alpha value is -3.88. The molecular weight excluding hydrogens is 390 g/mol. The first-order valence-corrected chi connectivity index (χ1v) is 9.18. The molecule has 0 bridgehead atoms. The van der Waals surface area contributed by atoms with Gasteiger partial charge < -0.3 is 13.9 Å². The third-order valence-corrected chi connectivity index (χ3v) is 5.03. The molecule has 0 saturated heterocycles. The van der Waals surface area contributed by atoms with Crippen LogP contribution in [0.4, 0.5) is 8.78 Å². The largest absolute Gasteiger partial charge is 0.479 e. The highest BCUT2D eigenvalue weighted by Crippen LogP contribution is 2.27. The molecule has 150 valence electrons. The minimum atomic E-state index is -0.488. The molecule has 0 fully saturated rings. The number of rotatable bonds is 4. The minimum Gasteiger partial charge on any atom is -0.479 e. The van der Waals surface area contributed by atoms with E-state index in [1.54, 1.807) is 20.2 Å². The van der Waals surface area contributed by atoms with E-state index < -0.39 is 11.6 Å². The van der Waals surface area contributed by atoms with Crippen LogP contribution in [0.2, 0.25) is 0 Å².